The summed E-state index contributed by atoms with van der Waals surface area (Å²) >= 11 is 17.5. The minimum Gasteiger partial charge on any atom is -0.346 e. The number of aryl methyl sites for hydroxylation is 1. The summed E-state index contributed by atoms with van der Waals surface area (Å²) in [6, 6.07) is 7.43. The number of rotatable bonds is 4. The van der Waals surface area contributed by atoms with E-state index in [2.05, 4.69) is 10.4 Å². The molecule has 2 rings (SSSR count). The highest BCUT2D eigenvalue weighted by molar-refractivity contribution is 7.80. The quantitative estimate of drug-likeness (QED) is 0.850. The van der Waals surface area contributed by atoms with Crippen molar-refractivity contribution < 1.29 is 0 Å². The molecule has 0 fully saturated rings. The molecule has 112 valence electrons. The van der Waals surface area contributed by atoms with E-state index in [1.165, 1.54) is 0 Å². The molecular weight excluding hydrogens is 327 g/mol. The van der Waals surface area contributed by atoms with Gasteiger partial charge >= 0.3 is 0 Å². The average Bonchev–Trinajstić information content (AvgIpc) is 2.79. The van der Waals surface area contributed by atoms with Crippen molar-refractivity contribution in [2.45, 2.75) is 20.0 Å². The van der Waals surface area contributed by atoms with Crippen LogP contribution in [0.25, 0.3) is 0 Å². The van der Waals surface area contributed by atoms with Gasteiger partial charge in [-0.15, -0.1) is 0 Å². The lowest BCUT2D eigenvalue weighted by Gasteiger charge is -2.21. The fraction of sp³-hybridized carbons (Fsp3) is 0.286. The van der Waals surface area contributed by atoms with E-state index in [0.717, 1.165) is 17.9 Å². The van der Waals surface area contributed by atoms with Crippen LogP contribution in [0.1, 0.15) is 12.6 Å². The third-order valence-electron chi connectivity index (χ3n) is 3.01. The maximum absolute atomic E-state index is 6.16. The Kier molecular flexibility index (Phi) is 5.45. The minimum atomic E-state index is 0.582. The number of benzene rings is 1. The molecule has 0 aliphatic rings. The van der Waals surface area contributed by atoms with Crippen molar-refractivity contribution in [3.63, 3.8) is 0 Å². The van der Waals surface area contributed by atoms with E-state index < -0.39 is 0 Å². The molecule has 0 amide bonds. The molecule has 0 saturated heterocycles. The van der Waals surface area contributed by atoms with Crippen molar-refractivity contribution in [2.75, 3.05) is 12.4 Å². The number of hydrogen-bond acceptors (Lipinski definition) is 2. The predicted molar refractivity (Wildman–Crippen MR) is 92.1 cm³/mol. The van der Waals surface area contributed by atoms with E-state index in [4.69, 9.17) is 35.4 Å². The van der Waals surface area contributed by atoms with E-state index in [1.54, 1.807) is 6.20 Å². The zero-order chi connectivity index (χ0) is 15.4. The van der Waals surface area contributed by atoms with Gasteiger partial charge in [-0.25, -0.2) is 0 Å². The molecule has 0 spiro atoms. The van der Waals surface area contributed by atoms with Crippen LogP contribution in [-0.4, -0.2) is 26.8 Å². The predicted octanol–water partition coefficient (Wildman–Crippen LogP) is 4.04. The molecule has 0 radical (unpaired) electrons. The van der Waals surface area contributed by atoms with Crippen LogP contribution in [0.5, 0.6) is 0 Å². The fourth-order valence-corrected chi connectivity index (χ4v) is 2.47. The van der Waals surface area contributed by atoms with E-state index >= 15 is 0 Å². The summed E-state index contributed by atoms with van der Waals surface area (Å²) in [5, 5.41) is 9.28. The summed E-state index contributed by atoms with van der Waals surface area (Å²) in [6.07, 6.45) is 1.65. The zero-order valence-electron chi connectivity index (χ0n) is 11.8. The Morgan fingerprint density at radius 3 is 2.86 bits per heavy atom. The molecule has 21 heavy (non-hydrogen) atoms. The van der Waals surface area contributed by atoms with Crippen LogP contribution >= 0.6 is 35.4 Å². The van der Waals surface area contributed by atoms with Gasteiger partial charge in [-0.1, -0.05) is 29.3 Å². The second-order valence-corrected chi connectivity index (χ2v) is 5.78. The lowest BCUT2D eigenvalue weighted by molar-refractivity contribution is 0.471. The third-order valence-corrected chi connectivity index (χ3v) is 3.97. The average molecular weight is 343 g/mol. The number of thiocarbonyl (C=S) groups is 1. The molecule has 4 nitrogen and oxygen atoms in total. The van der Waals surface area contributed by atoms with Crippen LogP contribution in [0.15, 0.2) is 30.5 Å². The minimum absolute atomic E-state index is 0.582. The van der Waals surface area contributed by atoms with Crippen LogP contribution in [0.4, 0.5) is 5.69 Å². The van der Waals surface area contributed by atoms with Crippen molar-refractivity contribution >= 4 is 46.2 Å². The van der Waals surface area contributed by atoms with E-state index in [1.807, 2.05) is 47.8 Å². The van der Waals surface area contributed by atoms with Gasteiger partial charge in [-0.05, 0) is 37.3 Å². The van der Waals surface area contributed by atoms with Gasteiger partial charge in [0.25, 0.3) is 0 Å². The molecule has 1 heterocycles. The van der Waals surface area contributed by atoms with Crippen LogP contribution < -0.4 is 5.32 Å². The van der Waals surface area contributed by atoms with Crippen LogP contribution in [-0.2, 0) is 13.1 Å². The maximum atomic E-state index is 6.16. The molecule has 1 aromatic carbocycles. The maximum Gasteiger partial charge on any atom is 0.173 e. The Morgan fingerprint density at radius 2 is 2.19 bits per heavy atom. The lowest BCUT2D eigenvalue weighted by atomic mass is 10.3. The summed E-state index contributed by atoms with van der Waals surface area (Å²) in [5.41, 5.74) is 1.80. The van der Waals surface area contributed by atoms with E-state index in [-0.39, 0.29) is 0 Å². The van der Waals surface area contributed by atoms with Crippen molar-refractivity contribution in [2.24, 2.45) is 0 Å². The molecule has 0 aliphatic carbocycles. The summed E-state index contributed by atoms with van der Waals surface area (Å²) in [4.78, 5) is 1.91. The van der Waals surface area contributed by atoms with Gasteiger partial charge in [0.05, 0.1) is 23.5 Å². The highest BCUT2D eigenvalue weighted by atomic mass is 35.5. The number of anilines is 1. The van der Waals surface area contributed by atoms with E-state index in [9.17, 15) is 0 Å². The highest BCUT2D eigenvalue weighted by Crippen LogP contribution is 2.18. The second-order valence-electron chi connectivity index (χ2n) is 4.55. The summed E-state index contributed by atoms with van der Waals surface area (Å²) < 4.78 is 1.86. The molecule has 0 saturated carbocycles. The molecule has 7 heteroatoms. The molecule has 1 aromatic heterocycles. The molecule has 0 unspecified atom stereocenters. The van der Waals surface area contributed by atoms with Gasteiger partial charge in [-0.3, -0.25) is 4.68 Å². The van der Waals surface area contributed by atoms with Gasteiger partial charge in [-0.2, -0.15) is 5.10 Å². The first-order valence-corrected chi connectivity index (χ1v) is 7.65. The van der Waals surface area contributed by atoms with Gasteiger partial charge in [0.15, 0.2) is 5.11 Å². The molecule has 0 bridgehead atoms. The van der Waals surface area contributed by atoms with Crippen LogP contribution in [0, 0.1) is 0 Å². The zero-order valence-corrected chi connectivity index (χ0v) is 14.1. The van der Waals surface area contributed by atoms with Gasteiger partial charge in [0.2, 0.25) is 0 Å². The second kappa shape index (κ2) is 7.11. The molecule has 1 N–H and O–H groups in total. The van der Waals surface area contributed by atoms with Gasteiger partial charge in [0, 0.05) is 24.3 Å². The largest absolute Gasteiger partial charge is 0.346 e. The summed E-state index contributed by atoms with van der Waals surface area (Å²) in [6.45, 7) is 3.37. The number of aromatic nitrogens is 2. The standard InChI is InChI=1S/C14H16Cl2N4S/c1-3-20-13(12(16)8-17-20)9-19(2)14(21)18-11-6-4-5-10(15)7-11/h4-8H,3,9H2,1-2H3,(H,18,21). The summed E-state index contributed by atoms with van der Waals surface area (Å²) in [7, 11) is 1.91. The number of nitrogens with zero attached hydrogens (tertiary/aromatic N) is 3. The normalized spacial score (nSPS) is 10.5. The lowest BCUT2D eigenvalue weighted by Crippen LogP contribution is -2.31. The Hall–Kier alpha value is -1.30. The van der Waals surface area contributed by atoms with Crippen LogP contribution in [0.3, 0.4) is 0 Å². The summed E-state index contributed by atoms with van der Waals surface area (Å²) in [5.74, 6) is 0. The number of halogens is 2. The van der Waals surface area contributed by atoms with Gasteiger partial charge < -0.3 is 10.2 Å². The van der Waals surface area contributed by atoms with Crippen molar-refractivity contribution in [3.05, 3.63) is 46.2 Å². The number of hydrogen-bond donors (Lipinski definition) is 1. The molecule has 0 atom stereocenters. The van der Waals surface area contributed by atoms with Crippen molar-refractivity contribution in [1.82, 2.24) is 14.7 Å². The number of nitrogens with one attached hydrogen (secondary N) is 1. The first-order valence-electron chi connectivity index (χ1n) is 6.49. The first kappa shape index (κ1) is 16.1. The molecular formula is C14H16Cl2N4S. The third kappa shape index (κ3) is 4.09. The topological polar surface area (TPSA) is 33.1 Å². The smallest absolute Gasteiger partial charge is 0.173 e. The van der Waals surface area contributed by atoms with E-state index in [0.29, 0.717) is 21.7 Å². The Balaban J connectivity index is 2.04. The Bertz CT molecular complexity index is 642. The highest BCUT2D eigenvalue weighted by Gasteiger charge is 2.13. The Labute approximate surface area is 139 Å². The molecule has 0 aliphatic heterocycles. The van der Waals surface area contributed by atoms with Crippen LogP contribution in [0.2, 0.25) is 10.0 Å². The monoisotopic (exact) mass is 342 g/mol. The van der Waals surface area contributed by atoms with Crippen molar-refractivity contribution in [1.29, 1.82) is 0 Å². The van der Waals surface area contributed by atoms with Crippen molar-refractivity contribution in [3.8, 4) is 0 Å². The van der Waals surface area contributed by atoms with Gasteiger partial charge in [0.1, 0.15) is 0 Å². The fourth-order valence-electron chi connectivity index (χ4n) is 1.90. The Morgan fingerprint density at radius 1 is 1.43 bits per heavy atom. The SMILES string of the molecule is CCn1ncc(Cl)c1CN(C)C(=S)Nc1cccc(Cl)c1. The molecule has 2 aromatic rings. The first-order chi connectivity index (χ1) is 10.0.